The van der Waals surface area contributed by atoms with E-state index in [1.54, 1.807) is 0 Å². The highest BCUT2D eigenvalue weighted by Crippen LogP contribution is 2.45. The Morgan fingerprint density at radius 1 is 0.270 bits per heavy atom. The van der Waals surface area contributed by atoms with Gasteiger partial charge in [0.25, 0.3) is 0 Å². The van der Waals surface area contributed by atoms with Crippen molar-refractivity contribution in [1.29, 1.82) is 0 Å². The number of esters is 4. The molecule has 0 amide bonds. The number of phosphoric acid groups is 2. The van der Waals surface area contributed by atoms with Gasteiger partial charge in [0.15, 0.2) is 12.2 Å². The van der Waals surface area contributed by atoms with Crippen LogP contribution in [-0.4, -0.2) is 96.7 Å². The zero-order chi connectivity index (χ0) is 73.7. The van der Waals surface area contributed by atoms with Gasteiger partial charge in [0.05, 0.1) is 26.4 Å². The van der Waals surface area contributed by atoms with Gasteiger partial charge < -0.3 is 33.8 Å². The molecule has 0 radical (unpaired) electrons. The third-order valence-electron chi connectivity index (χ3n) is 18.9. The van der Waals surface area contributed by atoms with E-state index in [1.165, 1.54) is 231 Å². The molecular formula is C81H158O17P2. The molecule has 594 valence electrons. The van der Waals surface area contributed by atoms with Crippen LogP contribution in [0.5, 0.6) is 0 Å². The minimum Gasteiger partial charge on any atom is -0.462 e. The molecule has 0 spiro atoms. The first-order valence-electron chi connectivity index (χ1n) is 41.8. The number of phosphoric ester groups is 2. The number of hydrogen-bond acceptors (Lipinski definition) is 15. The van der Waals surface area contributed by atoms with Crippen molar-refractivity contribution in [2.75, 3.05) is 39.6 Å². The lowest BCUT2D eigenvalue weighted by Gasteiger charge is -2.21. The van der Waals surface area contributed by atoms with Crippen molar-refractivity contribution in [1.82, 2.24) is 0 Å². The van der Waals surface area contributed by atoms with Gasteiger partial charge in [-0.05, 0) is 43.4 Å². The van der Waals surface area contributed by atoms with Crippen molar-refractivity contribution in [3.8, 4) is 0 Å². The maximum Gasteiger partial charge on any atom is 0.472 e. The highest BCUT2D eigenvalue weighted by Gasteiger charge is 2.30. The fourth-order valence-corrected chi connectivity index (χ4v) is 14.1. The summed E-state index contributed by atoms with van der Waals surface area (Å²) in [4.78, 5) is 73.0. The van der Waals surface area contributed by atoms with E-state index in [2.05, 4.69) is 48.5 Å². The van der Waals surface area contributed by atoms with Crippen molar-refractivity contribution < 1.29 is 80.2 Å². The fraction of sp³-hybridized carbons (Fsp3) is 0.951. The van der Waals surface area contributed by atoms with Crippen LogP contribution in [0.1, 0.15) is 421 Å². The topological polar surface area (TPSA) is 237 Å². The predicted octanol–water partition coefficient (Wildman–Crippen LogP) is 24.1. The molecule has 0 aromatic rings. The molecule has 17 nitrogen and oxygen atoms in total. The largest absolute Gasteiger partial charge is 0.472 e. The molecule has 0 aliphatic carbocycles. The van der Waals surface area contributed by atoms with Gasteiger partial charge >= 0.3 is 39.5 Å². The van der Waals surface area contributed by atoms with E-state index in [4.69, 9.17) is 37.0 Å². The molecule has 0 saturated carbocycles. The van der Waals surface area contributed by atoms with Gasteiger partial charge in [0.1, 0.15) is 19.3 Å². The maximum atomic E-state index is 13.1. The van der Waals surface area contributed by atoms with Crippen LogP contribution in [0, 0.1) is 17.8 Å². The van der Waals surface area contributed by atoms with E-state index in [0.29, 0.717) is 25.7 Å². The number of carbonyl (C=O) groups is 4. The molecule has 0 aromatic heterocycles. The second-order valence-corrected chi connectivity index (χ2v) is 33.5. The Kier molecular flexibility index (Phi) is 69.9. The molecule has 0 aliphatic heterocycles. The summed E-state index contributed by atoms with van der Waals surface area (Å²) in [5.74, 6) is 0.259. The van der Waals surface area contributed by atoms with Gasteiger partial charge in [0.2, 0.25) is 0 Å². The predicted molar refractivity (Wildman–Crippen MR) is 409 cm³/mol. The average Bonchev–Trinajstić information content (AvgIpc) is 0.998. The zero-order valence-corrected chi connectivity index (χ0v) is 67.5. The first kappa shape index (κ1) is 98.1. The van der Waals surface area contributed by atoms with Gasteiger partial charge in [-0.2, -0.15) is 0 Å². The third-order valence-corrected chi connectivity index (χ3v) is 20.8. The van der Waals surface area contributed by atoms with E-state index in [1.807, 2.05) is 0 Å². The van der Waals surface area contributed by atoms with Crippen molar-refractivity contribution in [3.63, 3.8) is 0 Å². The molecule has 3 N–H and O–H groups in total. The fourth-order valence-electron chi connectivity index (χ4n) is 12.5. The van der Waals surface area contributed by atoms with E-state index < -0.39 is 97.5 Å². The van der Waals surface area contributed by atoms with E-state index >= 15 is 0 Å². The summed E-state index contributed by atoms with van der Waals surface area (Å²) in [5, 5.41) is 10.6. The van der Waals surface area contributed by atoms with Crippen molar-refractivity contribution in [3.05, 3.63) is 0 Å². The minimum atomic E-state index is -4.96. The number of rotatable bonds is 79. The summed E-state index contributed by atoms with van der Waals surface area (Å²) in [6.45, 7) is 12.0. The molecule has 5 atom stereocenters. The summed E-state index contributed by atoms with van der Waals surface area (Å²) in [5.41, 5.74) is 0. The summed E-state index contributed by atoms with van der Waals surface area (Å²) >= 11 is 0. The molecular weight excluding hydrogens is 1310 g/mol. The Morgan fingerprint density at radius 3 is 0.680 bits per heavy atom. The summed E-state index contributed by atoms with van der Waals surface area (Å²) < 4.78 is 68.7. The van der Waals surface area contributed by atoms with Gasteiger partial charge in [-0.1, -0.05) is 370 Å². The van der Waals surface area contributed by atoms with E-state index in [9.17, 15) is 43.2 Å². The zero-order valence-electron chi connectivity index (χ0n) is 65.7. The number of aliphatic hydroxyl groups is 1. The Hall–Kier alpha value is -1.94. The average molecular weight is 1470 g/mol. The molecule has 0 fully saturated rings. The highest BCUT2D eigenvalue weighted by atomic mass is 31.2. The standard InChI is InChI=1S/C81H158O17P2/c1-8-9-10-11-12-13-24-34-41-48-55-62-78(83)91-68-76(98-81(86)65-58-51-44-37-30-23-21-27-33-40-47-54-61-74(6)7)70-95-99(87,88)93-66-75(82)67-94-100(89,90)96-71-77(69-92-79(84)63-56-49-42-35-28-22-20-26-32-39-46-53-60-73(4)5)97-80(85)64-57-50-43-36-29-19-17-15-14-16-18-25-31-38-45-52-59-72(2)3/h72-77,82H,8-71H2,1-7H3,(H,87,88)(H,89,90)/t75-,76+,77+/m0/s1. The van der Waals surface area contributed by atoms with Gasteiger partial charge in [-0.3, -0.25) is 37.3 Å². The lowest BCUT2D eigenvalue weighted by molar-refractivity contribution is -0.161. The molecule has 0 heterocycles. The molecule has 19 heteroatoms. The molecule has 100 heavy (non-hydrogen) atoms. The number of ether oxygens (including phenoxy) is 4. The lowest BCUT2D eigenvalue weighted by Crippen LogP contribution is -2.30. The van der Waals surface area contributed by atoms with Crippen LogP contribution >= 0.6 is 15.6 Å². The first-order chi connectivity index (χ1) is 48.2. The van der Waals surface area contributed by atoms with Crippen LogP contribution in [-0.2, 0) is 65.4 Å². The van der Waals surface area contributed by atoms with Crippen LogP contribution in [0.3, 0.4) is 0 Å². The monoisotopic (exact) mass is 1470 g/mol. The molecule has 0 aromatic carbocycles. The van der Waals surface area contributed by atoms with Crippen LogP contribution in [0.15, 0.2) is 0 Å². The Morgan fingerprint density at radius 2 is 0.460 bits per heavy atom. The Labute approximate surface area is 613 Å². The number of hydrogen-bond donors (Lipinski definition) is 3. The SMILES string of the molecule is CCCCCCCCCCCCCC(=O)OC[C@H](COP(=O)(O)OC[C@H](O)COP(=O)(O)OC[C@@H](COC(=O)CCCCCCCCCCCCCCC(C)C)OC(=O)CCCCCCCCCCCCCCCCCCC(C)C)OC(=O)CCCCCCCCCCCCCCC(C)C. The number of unbranched alkanes of at least 4 members (excludes halogenated alkanes) is 47. The molecule has 0 rings (SSSR count). The number of carbonyl (C=O) groups excluding carboxylic acids is 4. The number of aliphatic hydroxyl groups excluding tert-OH is 1. The van der Waals surface area contributed by atoms with Crippen LogP contribution in [0.4, 0.5) is 0 Å². The molecule has 2 unspecified atom stereocenters. The minimum absolute atomic E-state index is 0.107. The Bertz CT molecular complexity index is 1940. The van der Waals surface area contributed by atoms with Crippen LogP contribution < -0.4 is 0 Å². The van der Waals surface area contributed by atoms with Crippen LogP contribution in [0.2, 0.25) is 0 Å². The van der Waals surface area contributed by atoms with Crippen molar-refractivity contribution >= 4 is 39.5 Å². The highest BCUT2D eigenvalue weighted by molar-refractivity contribution is 7.47. The smallest absolute Gasteiger partial charge is 0.462 e. The van der Waals surface area contributed by atoms with Crippen molar-refractivity contribution in [2.24, 2.45) is 17.8 Å². The molecule has 0 aliphatic rings. The quantitative estimate of drug-likeness (QED) is 0.0222. The second-order valence-electron chi connectivity index (χ2n) is 30.6. The third kappa shape index (κ3) is 74.3. The summed E-state index contributed by atoms with van der Waals surface area (Å²) in [6, 6.07) is 0. The van der Waals surface area contributed by atoms with E-state index in [-0.39, 0.29) is 25.7 Å². The Balaban J connectivity index is 5.25. The van der Waals surface area contributed by atoms with Gasteiger partial charge in [-0.15, -0.1) is 0 Å². The van der Waals surface area contributed by atoms with E-state index in [0.717, 1.165) is 108 Å². The summed E-state index contributed by atoms with van der Waals surface area (Å²) in [6.07, 6.45) is 59.5. The molecule has 0 bridgehead atoms. The summed E-state index contributed by atoms with van der Waals surface area (Å²) in [7, 11) is -9.92. The van der Waals surface area contributed by atoms with Crippen molar-refractivity contribution in [2.45, 2.75) is 439 Å². The lowest BCUT2D eigenvalue weighted by atomic mass is 10.0. The van der Waals surface area contributed by atoms with Crippen LogP contribution in [0.25, 0.3) is 0 Å². The first-order valence-corrected chi connectivity index (χ1v) is 44.8. The second kappa shape index (κ2) is 71.3. The van der Waals surface area contributed by atoms with Gasteiger partial charge in [-0.25, -0.2) is 9.13 Å². The molecule has 0 saturated heterocycles. The maximum absolute atomic E-state index is 13.1. The normalized spacial score (nSPS) is 14.0. The van der Waals surface area contributed by atoms with Gasteiger partial charge in [0, 0.05) is 25.7 Å².